The molecule has 0 radical (unpaired) electrons. The summed E-state index contributed by atoms with van der Waals surface area (Å²) in [5, 5.41) is 14.1. The Morgan fingerprint density at radius 2 is 2.17 bits per heavy atom. The SMILES string of the molecule is COC(CNC(=O)NC1CCC(C)(C)C1)C(=O)O. The van der Waals surface area contributed by atoms with Crippen molar-refractivity contribution in [3.8, 4) is 0 Å². The lowest BCUT2D eigenvalue weighted by Crippen LogP contribution is -2.45. The fourth-order valence-electron chi connectivity index (χ4n) is 2.25. The van der Waals surface area contributed by atoms with E-state index in [-0.39, 0.29) is 24.0 Å². The number of ether oxygens (including phenoxy) is 1. The monoisotopic (exact) mass is 258 g/mol. The number of amides is 2. The van der Waals surface area contributed by atoms with Gasteiger partial charge < -0.3 is 20.5 Å². The molecular formula is C12H22N2O4. The lowest BCUT2D eigenvalue weighted by Gasteiger charge is -2.18. The van der Waals surface area contributed by atoms with Crippen molar-refractivity contribution in [3.05, 3.63) is 0 Å². The zero-order valence-corrected chi connectivity index (χ0v) is 11.2. The molecule has 3 N–H and O–H groups in total. The minimum absolute atomic E-state index is 0.0339. The van der Waals surface area contributed by atoms with Crippen molar-refractivity contribution in [2.75, 3.05) is 13.7 Å². The Morgan fingerprint density at radius 3 is 2.61 bits per heavy atom. The molecule has 0 bridgehead atoms. The van der Waals surface area contributed by atoms with Gasteiger partial charge in [0.1, 0.15) is 0 Å². The van der Waals surface area contributed by atoms with E-state index in [2.05, 4.69) is 24.5 Å². The van der Waals surface area contributed by atoms with E-state index in [1.165, 1.54) is 7.11 Å². The van der Waals surface area contributed by atoms with Gasteiger partial charge in [-0.1, -0.05) is 13.8 Å². The molecule has 0 aromatic rings. The topological polar surface area (TPSA) is 87.7 Å². The zero-order chi connectivity index (χ0) is 13.8. The van der Waals surface area contributed by atoms with Crippen LogP contribution in [0.5, 0.6) is 0 Å². The average molecular weight is 258 g/mol. The normalized spacial score (nSPS) is 23.4. The van der Waals surface area contributed by atoms with Crippen LogP contribution in [0, 0.1) is 5.41 Å². The van der Waals surface area contributed by atoms with Gasteiger partial charge >= 0.3 is 12.0 Å². The highest BCUT2D eigenvalue weighted by atomic mass is 16.5. The van der Waals surface area contributed by atoms with Crippen LogP contribution in [0.15, 0.2) is 0 Å². The molecule has 6 nitrogen and oxygen atoms in total. The highest BCUT2D eigenvalue weighted by molar-refractivity contribution is 5.77. The lowest BCUT2D eigenvalue weighted by atomic mass is 9.92. The summed E-state index contributed by atoms with van der Waals surface area (Å²) in [5.41, 5.74) is 0.272. The molecule has 0 saturated heterocycles. The lowest BCUT2D eigenvalue weighted by molar-refractivity contribution is -0.147. The molecule has 6 heteroatoms. The summed E-state index contributed by atoms with van der Waals surface area (Å²) >= 11 is 0. The van der Waals surface area contributed by atoms with Gasteiger partial charge in [0.2, 0.25) is 0 Å². The quantitative estimate of drug-likeness (QED) is 0.685. The number of hydrogen-bond donors (Lipinski definition) is 3. The van der Waals surface area contributed by atoms with Gasteiger partial charge in [0, 0.05) is 13.2 Å². The number of carboxylic acids is 1. The molecule has 0 spiro atoms. The van der Waals surface area contributed by atoms with E-state index in [1.807, 2.05) is 0 Å². The van der Waals surface area contributed by atoms with Gasteiger partial charge in [0.05, 0.1) is 6.54 Å². The Labute approximate surface area is 107 Å². The van der Waals surface area contributed by atoms with Gasteiger partial charge in [-0.25, -0.2) is 9.59 Å². The Hall–Kier alpha value is -1.30. The van der Waals surface area contributed by atoms with E-state index in [0.29, 0.717) is 0 Å². The second kappa shape index (κ2) is 6.04. The number of methoxy groups -OCH3 is 1. The number of carboxylic acid groups (broad SMARTS) is 1. The second-order valence-electron chi connectivity index (χ2n) is 5.52. The Bertz CT molecular complexity index is 317. The number of aliphatic carboxylic acids is 1. The van der Waals surface area contributed by atoms with Gasteiger partial charge in [0.25, 0.3) is 0 Å². The minimum atomic E-state index is -1.08. The predicted octanol–water partition coefficient (Wildman–Crippen LogP) is 0.964. The first-order valence-corrected chi connectivity index (χ1v) is 6.14. The van der Waals surface area contributed by atoms with Gasteiger partial charge in [-0.15, -0.1) is 0 Å². The Balaban J connectivity index is 2.28. The van der Waals surface area contributed by atoms with Gasteiger partial charge in [-0.3, -0.25) is 0 Å². The van der Waals surface area contributed by atoms with E-state index in [9.17, 15) is 9.59 Å². The summed E-state index contributed by atoms with van der Waals surface area (Å²) in [6.45, 7) is 4.32. The van der Waals surface area contributed by atoms with E-state index >= 15 is 0 Å². The summed E-state index contributed by atoms with van der Waals surface area (Å²) in [7, 11) is 1.30. The van der Waals surface area contributed by atoms with Crippen molar-refractivity contribution in [2.24, 2.45) is 5.41 Å². The molecule has 0 aromatic heterocycles. The molecule has 0 aliphatic heterocycles. The number of hydrogen-bond acceptors (Lipinski definition) is 3. The number of carbonyl (C=O) groups is 2. The fourth-order valence-corrected chi connectivity index (χ4v) is 2.25. The van der Waals surface area contributed by atoms with Gasteiger partial charge in [-0.2, -0.15) is 0 Å². The molecule has 18 heavy (non-hydrogen) atoms. The van der Waals surface area contributed by atoms with Crippen molar-refractivity contribution >= 4 is 12.0 Å². The first kappa shape index (κ1) is 14.8. The number of carbonyl (C=O) groups excluding carboxylic acids is 1. The van der Waals surface area contributed by atoms with Crippen LogP contribution in [0.4, 0.5) is 4.79 Å². The molecule has 1 aliphatic rings. The molecule has 1 aliphatic carbocycles. The molecule has 104 valence electrons. The molecule has 1 rings (SSSR count). The molecule has 1 saturated carbocycles. The van der Waals surface area contributed by atoms with Crippen molar-refractivity contribution in [3.63, 3.8) is 0 Å². The third kappa shape index (κ3) is 4.52. The zero-order valence-electron chi connectivity index (χ0n) is 11.2. The molecule has 2 unspecified atom stereocenters. The van der Waals surface area contributed by atoms with Crippen molar-refractivity contribution in [1.29, 1.82) is 0 Å². The molecule has 0 aromatic carbocycles. The average Bonchev–Trinajstić information content (AvgIpc) is 2.58. The van der Waals surface area contributed by atoms with Crippen LogP contribution in [-0.2, 0) is 9.53 Å². The summed E-state index contributed by atoms with van der Waals surface area (Å²) in [5.74, 6) is -1.08. The van der Waals surface area contributed by atoms with Crippen LogP contribution < -0.4 is 10.6 Å². The van der Waals surface area contributed by atoms with Crippen molar-refractivity contribution < 1.29 is 19.4 Å². The maximum Gasteiger partial charge on any atom is 0.334 e. The standard InChI is InChI=1S/C12H22N2O4/c1-12(2)5-4-8(6-12)14-11(17)13-7-9(18-3)10(15)16/h8-9H,4-7H2,1-3H3,(H,15,16)(H2,13,14,17). The molecule has 2 atom stereocenters. The fraction of sp³-hybridized carbons (Fsp3) is 0.833. The highest BCUT2D eigenvalue weighted by Gasteiger charge is 2.31. The molecular weight excluding hydrogens is 236 g/mol. The van der Waals surface area contributed by atoms with Crippen molar-refractivity contribution in [2.45, 2.75) is 45.3 Å². The maximum atomic E-state index is 11.6. The van der Waals surface area contributed by atoms with E-state index < -0.39 is 12.1 Å². The van der Waals surface area contributed by atoms with Crippen LogP contribution in [0.2, 0.25) is 0 Å². The van der Waals surface area contributed by atoms with E-state index in [1.54, 1.807) is 0 Å². The van der Waals surface area contributed by atoms with Gasteiger partial charge in [0.15, 0.2) is 6.10 Å². The third-order valence-electron chi connectivity index (χ3n) is 3.31. The van der Waals surface area contributed by atoms with E-state index in [4.69, 9.17) is 9.84 Å². The van der Waals surface area contributed by atoms with E-state index in [0.717, 1.165) is 19.3 Å². The summed E-state index contributed by atoms with van der Waals surface area (Å²) < 4.78 is 4.72. The Morgan fingerprint density at radius 1 is 1.50 bits per heavy atom. The molecule has 1 fully saturated rings. The smallest absolute Gasteiger partial charge is 0.334 e. The summed E-state index contributed by atoms with van der Waals surface area (Å²) in [6.07, 6.45) is 2.00. The maximum absolute atomic E-state index is 11.6. The molecule has 0 heterocycles. The second-order valence-corrected chi connectivity index (χ2v) is 5.52. The first-order chi connectivity index (χ1) is 8.34. The molecule has 2 amide bonds. The van der Waals surface area contributed by atoms with Crippen LogP contribution in [0.3, 0.4) is 0 Å². The van der Waals surface area contributed by atoms with Crippen LogP contribution in [-0.4, -0.2) is 42.9 Å². The van der Waals surface area contributed by atoms with Crippen LogP contribution >= 0.6 is 0 Å². The highest BCUT2D eigenvalue weighted by Crippen LogP contribution is 2.36. The van der Waals surface area contributed by atoms with Crippen molar-refractivity contribution in [1.82, 2.24) is 10.6 Å². The number of urea groups is 1. The third-order valence-corrected chi connectivity index (χ3v) is 3.31. The summed E-state index contributed by atoms with van der Waals surface area (Å²) in [6, 6.07) is -0.160. The number of nitrogens with one attached hydrogen (secondary N) is 2. The summed E-state index contributed by atoms with van der Waals surface area (Å²) in [4.78, 5) is 22.3. The minimum Gasteiger partial charge on any atom is -0.479 e. The van der Waals surface area contributed by atoms with Gasteiger partial charge in [-0.05, 0) is 24.7 Å². The largest absolute Gasteiger partial charge is 0.479 e. The first-order valence-electron chi connectivity index (χ1n) is 6.14. The number of rotatable bonds is 5. The van der Waals surface area contributed by atoms with Crippen LogP contribution in [0.1, 0.15) is 33.1 Å². The van der Waals surface area contributed by atoms with Crippen LogP contribution in [0.25, 0.3) is 0 Å². The Kier molecular flexibility index (Phi) is 4.95. The predicted molar refractivity (Wildman–Crippen MR) is 66.4 cm³/mol.